The molecule has 0 aliphatic heterocycles. The minimum atomic E-state index is -0.337. The number of nitrogens with zero attached hydrogens (tertiary/aromatic N) is 2. The molecule has 3 aromatic heterocycles. The summed E-state index contributed by atoms with van der Waals surface area (Å²) in [5, 5.41) is 9.64. The Labute approximate surface area is 167 Å². The van der Waals surface area contributed by atoms with E-state index in [1.807, 2.05) is 47.2 Å². The van der Waals surface area contributed by atoms with Gasteiger partial charge in [0, 0.05) is 28.8 Å². The molecule has 27 heavy (non-hydrogen) atoms. The van der Waals surface area contributed by atoms with Crippen molar-refractivity contribution >= 4 is 50.8 Å². The first-order chi connectivity index (χ1) is 13.1. The van der Waals surface area contributed by atoms with Crippen LogP contribution >= 0.6 is 34.0 Å². The van der Waals surface area contributed by atoms with E-state index >= 15 is 0 Å². The van der Waals surface area contributed by atoms with Crippen LogP contribution in [0, 0.1) is 0 Å². The Morgan fingerprint density at radius 1 is 1.00 bits per heavy atom. The summed E-state index contributed by atoms with van der Waals surface area (Å²) in [7, 11) is 0. The van der Waals surface area contributed by atoms with E-state index in [9.17, 15) is 9.59 Å². The zero-order valence-electron chi connectivity index (χ0n) is 14.1. The van der Waals surface area contributed by atoms with E-state index in [-0.39, 0.29) is 11.7 Å². The number of nitrogens with one attached hydrogen (secondary N) is 1. The van der Waals surface area contributed by atoms with Gasteiger partial charge in [0.1, 0.15) is 10.7 Å². The SMILES string of the molecule is CC(=O)c1sc(NC(=O)c2csc(-c3ccsc3)n2)nc1-c1ccccc1. The predicted octanol–water partition coefficient (Wildman–Crippen LogP) is 5.45. The molecule has 4 rings (SSSR count). The summed E-state index contributed by atoms with van der Waals surface area (Å²) in [5.41, 5.74) is 2.76. The second kappa shape index (κ2) is 7.51. The Balaban J connectivity index is 1.59. The fourth-order valence-electron chi connectivity index (χ4n) is 2.46. The number of ketones is 1. The van der Waals surface area contributed by atoms with Gasteiger partial charge in [-0.15, -0.1) is 11.3 Å². The number of amides is 1. The van der Waals surface area contributed by atoms with Gasteiger partial charge < -0.3 is 0 Å². The van der Waals surface area contributed by atoms with Crippen LogP contribution in [0.4, 0.5) is 5.13 Å². The number of carbonyl (C=O) groups is 2. The number of thiazole rings is 2. The predicted molar refractivity (Wildman–Crippen MR) is 111 cm³/mol. The molecular formula is C19H13N3O2S3. The van der Waals surface area contributed by atoms with Crippen LogP contribution in [0.1, 0.15) is 27.1 Å². The molecule has 1 amide bonds. The molecular weight excluding hydrogens is 398 g/mol. The van der Waals surface area contributed by atoms with Crippen LogP contribution in [-0.2, 0) is 0 Å². The summed E-state index contributed by atoms with van der Waals surface area (Å²) in [6.07, 6.45) is 0. The Morgan fingerprint density at radius 2 is 1.81 bits per heavy atom. The lowest BCUT2D eigenvalue weighted by atomic mass is 10.1. The monoisotopic (exact) mass is 411 g/mol. The second-order valence-corrected chi connectivity index (χ2v) is 8.26. The number of benzene rings is 1. The summed E-state index contributed by atoms with van der Waals surface area (Å²) in [5.74, 6) is -0.420. The number of anilines is 1. The first-order valence-corrected chi connectivity index (χ1v) is 10.6. The van der Waals surface area contributed by atoms with Crippen LogP contribution in [0.5, 0.6) is 0 Å². The fraction of sp³-hybridized carbons (Fsp3) is 0.0526. The number of thiophene rings is 1. The summed E-state index contributed by atoms with van der Waals surface area (Å²) in [6, 6.07) is 11.4. The summed E-state index contributed by atoms with van der Waals surface area (Å²) < 4.78 is 0. The highest BCUT2D eigenvalue weighted by Crippen LogP contribution is 2.32. The average molecular weight is 412 g/mol. The van der Waals surface area contributed by atoms with Crippen molar-refractivity contribution in [2.75, 3.05) is 5.32 Å². The van der Waals surface area contributed by atoms with E-state index in [0.29, 0.717) is 21.4 Å². The zero-order valence-corrected chi connectivity index (χ0v) is 16.6. The average Bonchev–Trinajstić information content (AvgIpc) is 3.41. The lowest BCUT2D eigenvalue weighted by Gasteiger charge is -1.98. The van der Waals surface area contributed by atoms with Gasteiger partial charge in [0.25, 0.3) is 5.91 Å². The van der Waals surface area contributed by atoms with Gasteiger partial charge in [-0.05, 0) is 11.4 Å². The fourth-order valence-corrected chi connectivity index (χ4v) is 4.85. The third kappa shape index (κ3) is 3.73. The van der Waals surface area contributed by atoms with Gasteiger partial charge in [0.05, 0.1) is 10.6 Å². The van der Waals surface area contributed by atoms with Gasteiger partial charge in [-0.2, -0.15) is 11.3 Å². The van der Waals surface area contributed by atoms with E-state index in [2.05, 4.69) is 15.3 Å². The van der Waals surface area contributed by atoms with E-state index in [0.717, 1.165) is 16.1 Å². The van der Waals surface area contributed by atoms with Crippen molar-refractivity contribution in [3.05, 3.63) is 63.1 Å². The number of aromatic nitrogens is 2. The Bertz CT molecular complexity index is 1100. The lowest BCUT2D eigenvalue weighted by Crippen LogP contribution is -2.12. The molecule has 0 fully saturated rings. The minimum absolute atomic E-state index is 0.0831. The summed E-state index contributed by atoms with van der Waals surface area (Å²) in [6.45, 7) is 1.50. The number of carbonyl (C=O) groups excluding carboxylic acids is 2. The van der Waals surface area contributed by atoms with E-state index in [1.165, 1.54) is 29.6 Å². The molecule has 8 heteroatoms. The molecule has 0 aliphatic carbocycles. The molecule has 0 atom stereocenters. The normalized spacial score (nSPS) is 10.7. The van der Waals surface area contributed by atoms with Crippen molar-refractivity contribution in [1.29, 1.82) is 0 Å². The molecule has 1 aromatic carbocycles. The van der Waals surface area contributed by atoms with Crippen molar-refractivity contribution < 1.29 is 9.59 Å². The molecule has 5 nitrogen and oxygen atoms in total. The van der Waals surface area contributed by atoms with Crippen LogP contribution < -0.4 is 5.32 Å². The molecule has 0 radical (unpaired) electrons. The maximum atomic E-state index is 12.5. The molecule has 0 bridgehead atoms. The molecule has 1 N–H and O–H groups in total. The van der Waals surface area contributed by atoms with Gasteiger partial charge in [0.2, 0.25) is 0 Å². The lowest BCUT2D eigenvalue weighted by molar-refractivity contribution is 0.101. The zero-order chi connectivity index (χ0) is 18.8. The van der Waals surface area contributed by atoms with Crippen LogP contribution in [0.2, 0.25) is 0 Å². The molecule has 0 unspecified atom stereocenters. The Hall–Kier alpha value is -2.68. The highest BCUT2D eigenvalue weighted by atomic mass is 32.1. The maximum Gasteiger partial charge on any atom is 0.276 e. The maximum absolute atomic E-state index is 12.5. The van der Waals surface area contributed by atoms with Gasteiger partial charge in [0.15, 0.2) is 10.9 Å². The van der Waals surface area contributed by atoms with E-state index in [4.69, 9.17) is 0 Å². The third-order valence-corrected chi connectivity index (χ3v) is 6.37. The van der Waals surface area contributed by atoms with Crippen molar-refractivity contribution in [2.45, 2.75) is 6.92 Å². The van der Waals surface area contributed by atoms with Gasteiger partial charge in [-0.1, -0.05) is 41.7 Å². The Morgan fingerprint density at radius 3 is 2.52 bits per heavy atom. The molecule has 0 saturated heterocycles. The number of hydrogen-bond acceptors (Lipinski definition) is 7. The highest BCUT2D eigenvalue weighted by molar-refractivity contribution is 7.18. The summed E-state index contributed by atoms with van der Waals surface area (Å²) >= 11 is 4.18. The summed E-state index contributed by atoms with van der Waals surface area (Å²) in [4.78, 5) is 33.9. The molecule has 0 spiro atoms. The first-order valence-electron chi connectivity index (χ1n) is 7.98. The van der Waals surface area contributed by atoms with Gasteiger partial charge in [-0.3, -0.25) is 14.9 Å². The van der Waals surface area contributed by atoms with Crippen molar-refractivity contribution in [1.82, 2.24) is 9.97 Å². The van der Waals surface area contributed by atoms with Crippen molar-refractivity contribution in [3.63, 3.8) is 0 Å². The smallest absolute Gasteiger partial charge is 0.276 e. The van der Waals surface area contributed by atoms with Crippen molar-refractivity contribution in [3.8, 4) is 21.8 Å². The largest absolute Gasteiger partial charge is 0.296 e. The number of rotatable bonds is 5. The van der Waals surface area contributed by atoms with E-state index < -0.39 is 0 Å². The molecule has 0 aliphatic rings. The van der Waals surface area contributed by atoms with Crippen LogP contribution in [0.25, 0.3) is 21.8 Å². The van der Waals surface area contributed by atoms with Gasteiger partial charge >= 0.3 is 0 Å². The van der Waals surface area contributed by atoms with Crippen molar-refractivity contribution in [2.24, 2.45) is 0 Å². The standard InChI is InChI=1S/C19H13N3O2S3/c1-11(23)16-15(12-5-3-2-4-6-12)21-19(27-16)22-17(24)14-10-26-18(20-14)13-7-8-25-9-13/h2-10H,1H3,(H,21,22,24). The van der Waals surface area contributed by atoms with Gasteiger partial charge in [-0.25, -0.2) is 9.97 Å². The number of hydrogen-bond donors (Lipinski definition) is 1. The van der Waals surface area contributed by atoms with Crippen LogP contribution in [-0.4, -0.2) is 21.7 Å². The Kier molecular flexibility index (Phi) is 4.93. The molecule has 0 saturated carbocycles. The van der Waals surface area contributed by atoms with E-state index in [1.54, 1.807) is 16.7 Å². The quantitative estimate of drug-likeness (QED) is 0.443. The number of Topliss-reactive ketones (excluding diaryl/α,β-unsaturated/α-hetero) is 1. The first kappa shape index (κ1) is 17.7. The molecule has 3 heterocycles. The highest BCUT2D eigenvalue weighted by Gasteiger charge is 2.19. The third-order valence-electron chi connectivity index (χ3n) is 3.72. The molecule has 134 valence electrons. The van der Waals surface area contributed by atoms with Crippen LogP contribution in [0.15, 0.2) is 52.5 Å². The topological polar surface area (TPSA) is 72.0 Å². The minimum Gasteiger partial charge on any atom is -0.296 e. The van der Waals surface area contributed by atoms with Crippen LogP contribution in [0.3, 0.4) is 0 Å². The second-order valence-electron chi connectivity index (χ2n) is 5.62. The molecule has 4 aromatic rings.